The number of pyridine rings is 1. The van der Waals surface area contributed by atoms with Gasteiger partial charge in [-0.2, -0.15) is 0 Å². The highest BCUT2D eigenvalue weighted by atomic mass is 32.2. The molecule has 5 aromatic rings. The lowest BCUT2D eigenvalue weighted by Gasteiger charge is -2.17. The Morgan fingerprint density at radius 2 is 1.58 bits per heavy atom. The predicted octanol–water partition coefficient (Wildman–Crippen LogP) is 6.76. The van der Waals surface area contributed by atoms with Crippen molar-refractivity contribution < 1.29 is 31.8 Å². The van der Waals surface area contributed by atoms with Crippen molar-refractivity contribution >= 4 is 26.7 Å². The number of nitrogens with zero attached hydrogens (tertiary/aromatic N) is 1. The summed E-state index contributed by atoms with van der Waals surface area (Å²) in [5.74, 6) is 1.41. The van der Waals surface area contributed by atoms with Crippen LogP contribution in [-0.2, 0) is 17.1 Å². The van der Waals surface area contributed by atoms with Gasteiger partial charge >= 0.3 is 0 Å². The summed E-state index contributed by atoms with van der Waals surface area (Å²) in [4.78, 5) is 13.4. The second-order valence-corrected chi connectivity index (χ2v) is 13.0. The molecule has 0 saturated heterocycles. The quantitative estimate of drug-likeness (QED) is 0.174. The third-order valence-corrected chi connectivity index (χ3v) is 8.80. The van der Waals surface area contributed by atoms with Crippen LogP contribution in [0, 0.1) is 33.5 Å². The van der Waals surface area contributed by atoms with E-state index in [4.69, 9.17) is 13.9 Å². The number of hydrogen-bond acceptors (Lipinski definition) is 7. The second kappa shape index (κ2) is 12.4. The van der Waals surface area contributed by atoms with Gasteiger partial charge in [0.2, 0.25) is 10.0 Å². The Bertz CT molecular complexity index is 2050. The number of fused-ring (bicyclic) bond motifs is 1. The van der Waals surface area contributed by atoms with Gasteiger partial charge in [-0.25, -0.2) is 12.8 Å². The molecule has 11 heteroatoms. The summed E-state index contributed by atoms with van der Waals surface area (Å²) in [5.41, 5.74) is 4.80. The molecule has 9 nitrogen and oxygen atoms in total. The molecule has 0 radical (unpaired) electrons. The molecule has 2 aromatic heterocycles. The molecular weight excluding hydrogens is 599 g/mol. The van der Waals surface area contributed by atoms with Gasteiger partial charge in [-0.3, -0.25) is 9.52 Å². The molecule has 0 fully saturated rings. The molecule has 0 aliphatic carbocycles. The lowest BCUT2D eigenvalue weighted by molar-refractivity contribution is 0.200. The first-order chi connectivity index (χ1) is 21.3. The Labute approximate surface area is 260 Å². The van der Waals surface area contributed by atoms with Crippen molar-refractivity contribution in [3.8, 4) is 39.7 Å². The average Bonchev–Trinajstić information content (AvgIpc) is 3.43. The Morgan fingerprint density at radius 3 is 2.20 bits per heavy atom. The molecule has 0 atom stereocenters. The second-order valence-electron chi connectivity index (χ2n) is 11.0. The van der Waals surface area contributed by atoms with Crippen molar-refractivity contribution in [3.63, 3.8) is 0 Å². The number of nitrogens with one attached hydrogen (secondary N) is 1. The normalized spacial score (nSPS) is 11.6. The average molecular weight is 635 g/mol. The van der Waals surface area contributed by atoms with Crippen molar-refractivity contribution in [1.29, 1.82) is 0 Å². The maximum Gasteiger partial charge on any atom is 0.261 e. The zero-order valence-electron chi connectivity index (χ0n) is 25.9. The number of sulfonamides is 1. The van der Waals surface area contributed by atoms with Crippen LogP contribution < -0.4 is 19.8 Å². The summed E-state index contributed by atoms with van der Waals surface area (Å²) in [7, 11) is -1.98. The number of aryl methyl sites for hydroxylation is 5. The van der Waals surface area contributed by atoms with E-state index in [2.05, 4.69) is 4.72 Å². The van der Waals surface area contributed by atoms with Crippen molar-refractivity contribution in [3.05, 3.63) is 93.2 Å². The van der Waals surface area contributed by atoms with Crippen LogP contribution in [-0.4, -0.2) is 37.1 Å². The summed E-state index contributed by atoms with van der Waals surface area (Å²) in [6, 6.07) is 13.0. The van der Waals surface area contributed by atoms with Crippen LogP contribution in [0.1, 0.15) is 29.2 Å². The van der Waals surface area contributed by atoms with Gasteiger partial charge in [0, 0.05) is 35.6 Å². The first-order valence-corrected chi connectivity index (χ1v) is 16.0. The number of halogens is 1. The number of aliphatic hydroxyl groups is 1. The number of hydrogen-bond donors (Lipinski definition) is 2. The van der Waals surface area contributed by atoms with E-state index in [1.165, 1.54) is 23.6 Å². The molecule has 236 valence electrons. The van der Waals surface area contributed by atoms with E-state index in [-0.39, 0.29) is 35.9 Å². The van der Waals surface area contributed by atoms with Crippen LogP contribution in [0.25, 0.3) is 33.4 Å². The Morgan fingerprint density at radius 1 is 0.933 bits per heavy atom. The molecule has 0 aliphatic heterocycles. The van der Waals surface area contributed by atoms with E-state index < -0.39 is 10.0 Å². The summed E-state index contributed by atoms with van der Waals surface area (Å²) in [5, 5.41) is 9.51. The molecule has 2 N–H and O–H groups in total. The molecule has 3 aromatic carbocycles. The number of aromatic nitrogens is 1. The first kappa shape index (κ1) is 31.8. The number of aliphatic hydroxyl groups excluding tert-OH is 1. The Balaban J connectivity index is 1.72. The zero-order valence-corrected chi connectivity index (χ0v) is 26.8. The summed E-state index contributed by atoms with van der Waals surface area (Å²) in [6.45, 7) is 8.86. The van der Waals surface area contributed by atoms with Crippen molar-refractivity contribution in [2.45, 2.75) is 34.6 Å². The molecule has 2 heterocycles. The summed E-state index contributed by atoms with van der Waals surface area (Å²) in [6.07, 6.45) is 1.62. The highest BCUT2D eigenvalue weighted by Crippen LogP contribution is 2.42. The SMILES string of the molecule is CCS(=O)(=O)Nc1ccc(Oc2c(C)cc(F)cc2C)c(-c2cn(C)c(=O)c3cc(-c4cc(C)c(OCCO)c(C)c4)oc23)c1. The molecule has 0 saturated carbocycles. The fourth-order valence-corrected chi connectivity index (χ4v) is 6.00. The third-order valence-electron chi connectivity index (χ3n) is 7.49. The Hall–Kier alpha value is -4.61. The smallest absolute Gasteiger partial charge is 0.261 e. The number of anilines is 1. The fraction of sp³-hybridized carbons (Fsp3) is 0.265. The van der Waals surface area contributed by atoms with E-state index in [0.29, 0.717) is 56.3 Å². The zero-order chi connectivity index (χ0) is 32.6. The highest BCUT2D eigenvalue weighted by molar-refractivity contribution is 7.92. The van der Waals surface area contributed by atoms with E-state index in [9.17, 15) is 22.7 Å². The predicted molar refractivity (Wildman–Crippen MR) is 173 cm³/mol. The van der Waals surface area contributed by atoms with Crippen LogP contribution in [0.2, 0.25) is 0 Å². The van der Waals surface area contributed by atoms with Gasteiger partial charge in [0.1, 0.15) is 41.0 Å². The van der Waals surface area contributed by atoms with Gasteiger partial charge in [-0.05, 0) is 105 Å². The first-order valence-electron chi connectivity index (χ1n) is 14.4. The molecular formula is C34H35FN2O7S. The van der Waals surface area contributed by atoms with Crippen LogP contribution in [0.4, 0.5) is 10.1 Å². The van der Waals surface area contributed by atoms with Crippen molar-refractivity contribution in [1.82, 2.24) is 4.57 Å². The highest BCUT2D eigenvalue weighted by Gasteiger charge is 2.22. The number of rotatable bonds is 10. The lowest BCUT2D eigenvalue weighted by atomic mass is 10.0. The molecule has 0 unspecified atom stereocenters. The van der Waals surface area contributed by atoms with E-state index in [1.807, 2.05) is 26.0 Å². The molecule has 0 spiro atoms. The van der Waals surface area contributed by atoms with Gasteiger partial charge in [0.05, 0.1) is 17.7 Å². The van der Waals surface area contributed by atoms with Crippen LogP contribution in [0.3, 0.4) is 0 Å². The molecule has 0 aliphatic rings. The van der Waals surface area contributed by atoms with Gasteiger partial charge in [0.15, 0.2) is 0 Å². The van der Waals surface area contributed by atoms with Crippen molar-refractivity contribution in [2.24, 2.45) is 7.05 Å². The fourth-order valence-electron chi connectivity index (χ4n) is 5.37. The topological polar surface area (TPSA) is 120 Å². The minimum atomic E-state index is -3.60. The van der Waals surface area contributed by atoms with Gasteiger partial charge in [-0.15, -0.1) is 0 Å². The third kappa shape index (κ3) is 6.45. The Kier molecular flexibility index (Phi) is 8.77. The minimum absolute atomic E-state index is 0.108. The maximum absolute atomic E-state index is 14.1. The van der Waals surface area contributed by atoms with Gasteiger partial charge in [-0.1, -0.05) is 0 Å². The minimum Gasteiger partial charge on any atom is -0.491 e. The van der Waals surface area contributed by atoms with Crippen LogP contribution >= 0.6 is 0 Å². The van der Waals surface area contributed by atoms with Crippen LogP contribution in [0.15, 0.2) is 63.9 Å². The van der Waals surface area contributed by atoms with Gasteiger partial charge in [0.25, 0.3) is 5.56 Å². The lowest BCUT2D eigenvalue weighted by Crippen LogP contribution is -2.16. The number of ether oxygens (including phenoxy) is 2. The summed E-state index contributed by atoms with van der Waals surface area (Å²) >= 11 is 0. The standard InChI is InChI=1S/C34H35FN2O7S/c1-7-45(40,41)36-25-8-9-29(43-32-21(4)14-24(35)15-22(32)5)26(16-25)28-18-37(6)34(39)27-17-30(44-33(27)28)23-12-19(2)31(20(3)13-23)42-11-10-38/h8-9,12-18,36,38H,7,10-11H2,1-6H3. The molecule has 0 amide bonds. The maximum atomic E-state index is 14.1. The number of benzene rings is 3. The molecule has 45 heavy (non-hydrogen) atoms. The van der Waals surface area contributed by atoms with E-state index in [0.717, 1.165) is 16.7 Å². The monoisotopic (exact) mass is 634 g/mol. The number of furan rings is 1. The van der Waals surface area contributed by atoms with Gasteiger partial charge < -0.3 is 23.6 Å². The van der Waals surface area contributed by atoms with Crippen molar-refractivity contribution in [2.75, 3.05) is 23.7 Å². The largest absolute Gasteiger partial charge is 0.491 e. The van der Waals surface area contributed by atoms with Crippen LogP contribution in [0.5, 0.6) is 17.2 Å². The van der Waals surface area contributed by atoms with E-state index in [1.54, 1.807) is 51.4 Å². The molecule has 5 rings (SSSR count). The summed E-state index contributed by atoms with van der Waals surface area (Å²) < 4.78 is 61.5. The van der Waals surface area contributed by atoms with E-state index >= 15 is 0 Å². The molecule has 0 bridgehead atoms.